The molecule has 0 aliphatic carbocycles. The molecule has 0 radical (unpaired) electrons. The largest absolute Gasteiger partial charge is 0.508 e. The van der Waals surface area contributed by atoms with Gasteiger partial charge in [0.05, 0.1) is 0 Å². The van der Waals surface area contributed by atoms with E-state index in [1.165, 1.54) is 0 Å². The predicted molar refractivity (Wildman–Crippen MR) is 101 cm³/mol. The van der Waals surface area contributed by atoms with E-state index in [0.29, 0.717) is 5.11 Å². The Labute approximate surface area is 145 Å². The Morgan fingerprint density at radius 2 is 1.42 bits per heavy atom. The average Bonchev–Trinajstić information content (AvgIpc) is 2.57. The maximum absolute atomic E-state index is 9.45. The highest BCUT2D eigenvalue weighted by Gasteiger charge is 2.01. The molecule has 0 saturated carbocycles. The van der Waals surface area contributed by atoms with Gasteiger partial charge < -0.3 is 20.5 Å². The first-order valence-electron chi connectivity index (χ1n) is 7.39. The Kier molecular flexibility index (Phi) is 4.93. The Bertz CT molecular complexity index is 820. The normalized spacial score (nSPS) is 10.0. The minimum Gasteiger partial charge on any atom is -0.508 e. The van der Waals surface area contributed by atoms with E-state index in [0.717, 1.165) is 22.9 Å². The molecule has 3 N–H and O–H groups in total. The highest BCUT2D eigenvalue weighted by atomic mass is 32.1. The minimum absolute atomic E-state index is 0.185. The van der Waals surface area contributed by atoms with Crippen LogP contribution in [0, 0.1) is 0 Å². The quantitative estimate of drug-likeness (QED) is 0.586. The Morgan fingerprint density at radius 1 is 0.750 bits per heavy atom. The van der Waals surface area contributed by atoms with Gasteiger partial charge >= 0.3 is 0 Å². The average molecular weight is 336 g/mol. The maximum Gasteiger partial charge on any atom is 0.175 e. The number of phenolic OH excluding ortho intramolecular Hbond substituents is 1. The van der Waals surface area contributed by atoms with Gasteiger partial charge in [-0.1, -0.05) is 24.3 Å². The van der Waals surface area contributed by atoms with Gasteiger partial charge in [0.1, 0.15) is 17.2 Å². The first-order valence-corrected chi connectivity index (χ1v) is 7.80. The molecule has 0 amide bonds. The van der Waals surface area contributed by atoms with Gasteiger partial charge in [-0.2, -0.15) is 0 Å². The molecule has 0 aliphatic heterocycles. The summed E-state index contributed by atoms with van der Waals surface area (Å²) in [4.78, 5) is 0. The van der Waals surface area contributed by atoms with Crippen molar-refractivity contribution in [3.63, 3.8) is 0 Å². The fourth-order valence-electron chi connectivity index (χ4n) is 2.11. The molecular weight excluding hydrogens is 320 g/mol. The molecule has 0 fully saturated rings. The molecule has 3 aromatic rings. The molecule has 5 heteroatoms. The molecule has 0 aromatic heterocycles. The summed E-state index contributed by atoms with van der Waals surface area (Å²) in [6, 6.07) is 23.9. The number of para-hydroxylation sites is 1. The summed E-state index contributed by atoms with van der Waals surface area (Å²) in [6.45, 7) is 0. The standard InChI is InChI=1S/C19H16N2O2S/c22-16-6-4-5-15(13-16)21-19(24)20-14-9-11-18(12-10-14)23-17-7-2-1-3-8-17/h1-13,22H,(H2,20,21,24). The van der Waals surface area contributed by atoms with Gasteiger partial charge in [0.15, 0.2) is 5.11 Å². The molecule has 0 aliphatic rings. The summed E-state index contributed by atoms with van der Waals surface area (Å²) >= 11 is 5.26. The van der Waals surface area contributed by atoms with Gasteiger partial charge in [-0.05, 0) is 60.7 Å². The van der Waals surface area contributed by atoms with E-state index in [4.69, 9.17) is 17.0 Å². The molecule has 0 bridgehead atoms. The summed E-state index contributed by atoms with van der Waals surface area (Å²) < 4.78 is 5.74. The fourth-order valence-corrected chi connectivity index (χ4v) is 2.34. The van der Waals surface area contributed by atoms with Crippen molar-refractivity contribution in [1.29, 1.82) is 0 Å². The summed E-state index contributed by atoms with van der Waals surface area (Å²) in [5.74, 6) is 1.73. The summed E-state index contributed by atoms with van der Waals surface area (Å²) in [7, 11) is 0. The lowest BCUT2D eigenvalue weighted by atomic mass is 10.3. The molecule has 0 atom stereocenters. The van der Waals surface area contributed by atoms with E-state index in [2.05, 4.69) is 10.6 Å². The lowest BCUT2D eigenvalue weighted by Crippen LogP contribution is -2.18. The zero-order valence-electron chi connectivity index (χ0n) is 12.8. The number of anilines is 2. The van der Waals surface area contributed by atoms with E-state index in [1.807, 2.05) is 60.7 Å². The number of phenols is 1. The summed E-state index contributed by atoms with van der Waals surface area (Å²) in [5.41, 5.74) is 1.56. The van der Waals surface area contributed by atoms with E-state index >= 15 is 0 Å². The lowest BCUT2D eigenvalue weighted by molar-refractivity contribution is 0.475. The van der Waals surface area contributed by atoms with Crippen LogP contribution in [0.15, 0.2) is 78.9 Å². The van der Waals surface area contributed by atoms with Crippen molar-refractivity contribution in [3.05, 3.63) is 78.9 Å². The monoisotopic (exact) mass is 336 g/mol. The number of hydrogen-bond acceptors (Lipinski definition) is 3. The van der Waals surface area contributed by atoms with Crippen molar-refractivity contribution in [2.24, 2.45) is 0 Å². The molecule has 3 aromatic carbocycles. The van der Waals surface area contributed by atoms with Gasteiger partial charge in [0, 0.05) is 17.4 Å². The van der Waals surface area contributed by atoms with Crippen molar-refractivity contribution < 1.29 is 9.84 Å². The van der Waals surface area contributed by atoms with Crippen LogP contribution in [-0.4, -0.2) is 10.2 Å². The summed E-state index contributed by atoms with van der Waals surface area (Å²) in [6.07, 6.45) is 0. The van der Waals surface area contributed by atoms with Crippen LogP contribution in [0.25, 0.3) is 0 Å². The van der Waals surface area contributed by atoms with Crippen LogP contribution in [0.2, 0.25) is 0 Å². The van der Waals surface area contributed by atoms with Crippen LogP contribution in [0.1, 0.15) is 0 Å². The van der Waals surface area contributed by atoms with Gasteiger partial charge in [0.2, 0.25) is 0 Å². The fraction of sp³-hybridized carbons (Fsp3) is 0. The number of ether oxygens (including phenoxy) is 1. The van der Waals surface area contributed by atoms with Crippen LogP contribution < -0.4 is 15.4 Å². The predicted octanol–water partition coefficient (Wildman–Crippen LogP) is 4.99. The van der Waals surface area contributed by atoms with Crippen LogP contribution >= 0.6 is 12.2 Å². The number of rotatable bonds is 4. The van der Waals surface area contributed by atoms with Gasteiger partial charge in [-0.15, -0.1) is 0 Å². The van der Waals surface area contributed by atoms with Crippen molar-refractivity contribution in [3.8, 4) is 17.2 Å². The first-order chi connectivity index (χ1) is 11.7. The molecule has 0 saturated heterocycles. The minimum atomic E-state index is 0.185. The Morgan fingerprint density at radius 3 is 2.12 bits per heavy atom. The molecule has 0 heterocycles. The third-order valence-corrected chi connectivity index (χ3v) is 3.40. The zero-order chi connectivity index (χ0) is 16.8. The highest BCUT2D eigenvalue weighted by Crippen LogP contribution is 2.23. The summed E-state index contributed by atoms with van der Waals surface area (Å²) in [5, 5.41) is 16.0. The van der Waals surface area contributed by atoms with Crippen LogP contribution in [-0.2, 0) is 0 Å². The number of nitrogens with one attached hydrogen (secondary N) is 2. The topological polar surface area (TPSA) is 53.5 Å². The first kappa shape index (κ1) is 15.8. The van der Waals surface area contributed by atoms with Crippen molar-refractivity contribution >= 4 is 28.7 Å². The smallest absolute Gasteiger partial charge is 0.175 e. The van der Waals surface area contributed by atoms with Crippen molar-refractivity contribution in [2.75, 3.05) is 10.6 Å². The second-order valence-corrected chi connectivity index (χ2v) is 5.48. The van der Waals surface area contributed by atoms with Gasteiger partial charge in [-0.3, -0.25) is 0 Å². The Balaban J connectivity index is 1.58. The second-order valence-electron chi connectivity index (χ2n) is 5.07. The third-order valence-electron chi connectivity index (χ3n) is 3.20. The molecule has 4 nitrogen and oxygen atoms in total. The SMILES string of the molecule is Oc1cccc(NC(=S)Nc2ccc(Oc3ccccc3)cc2)c1. The Hall–Kier alpha value is -3.05. The lowest BCUT2D eigenvalue weighted by Gasteiger charge is -2.11. The molecule has 120 valence electrons. The van der Waals surface area contributed by atoms with Gasteiger partial charge in [-0.25, -0.2) is 0 Å². The van der Waals surface area contributed by atoms with Crippen LogP contribution in [0.4, 0.5) is 11.4 Å². The molecular formula is C19H16N2O2S. The number of aromatic hydroxyl groups is 1. The molecule has 0 unspecified atom stereocenters. The molecule has 3 rings (SSSR count). The van der Waals surface area contributed by atoms with E-state index in [1.54, 1.807) is 18.2 Å². The van der Waals surface area contributed by atoms with Crippen LogP contribution in [0.3, 0.4) is 0 Å². The second kappa shape index (κ2) is 7.48. The van der Waals surface area contributed by atoms with E-state index in [9.17, 15) is 5.11 Å². The molecule has 0 spiro atoms. The van der Waals surface area contributed by atoms with Crippen molar-refractivity contribution in [2.45, 2.75) is 0 Å². The van der Waals surface area contributed by atoms with Crippen LogP contribution in [0.5, 0.6) is 17.2 Å². The zero-order valence-corrected chi connectivity index (χ0v) is 13.6. The number of thiocarbonyl (C=S) groups is 1. The maximum atomic E-state index is 9.45. The number of benzene rings is 3. The van der Waals surface area contributed by atoms with E-state index in [-0.39, 0.29) is 5.75 Å². The molecule has 24 heavy (non-hydrogen) atoms. The third kappa shape index (κ3) is 4.47. The van der Waals surface area contributed by atoms with Crippen molar-refractivity contribution in [1.82, 2.24) is 0 Å². The van der Waals surface area contributed by atoms with E-state index < -0.39 is 0 Å². The van der Waals surface area contributed by atoms with Gasteiger partial charge in [0.25, 0.3) is 0 Å². The number of hydrogen-bond donors (Lipinski definition) is 3. The highest BCUT2D eigenvalue weighted by molar-refractivity contribution is 7.80.